The average molecular weight is 263 g/mol. The summed E-state index contributed by atoms with van der Waals surface area (Å²) in [5.41, 5.74) is 1.50. The first-order chi connectivity index (χ1) is 9.04. The van der Waals surface area contributed by atoms with E-state index < -0.39 is 0 Å². The quantitative estimate of drug-likeness (QED) is 0.842. The number of hydrogen-bond donors (Lipinski definition) is 1. The van der Waals surface area contributed by atoms with Gasteiger partial charge in [-0.1, -0.05) is 39.3 Å². The molecule has 0 aliphatic heterocycles. The van der Waals surface area contributed by atoms with Crippen LogP contribution in [0.15, 0.2) is 24.3 Å². The van der Waals surface area contributed by atoms with Crippen LogP contribution in [0.2, 0.25) is 0 Å². The Morgan fingerprint density at radius 1 is 1.32 bits per heavy atom. The van der Waals surface area contributed by atoms with Gasteiger partial charge in [0.1, 0.15) is 5.82 Å². The molecule has 2 heteroatoms. The molecule has 0 spiro atoms. The van der Waals surface area contributed by atoms with Gasteiger partial charge in [0.25, 0.3) is 0 Å². The molecule has 1 aromatic carbocycles. The van der Waals surface area contributed by atoms with Crippen molar-refractivity contribution >= 4 is 0 Å². The zero-order chi connectivity index (χ0) is 13.9. The van der Waals surface area contributed by atoms with Crippen LogP contribution in [0.4, 0.5) is 4.39 Å². The third kappa shape index (κ3) is 3.17. The van der Waals surface area contributed by atoms with Crippen molar-refractivity contribution in [1.82, 2.24) is 5.32 Å². The maximum absolute atomic E-state index is 13.1. The second-order valence-electron chi connectivity index (χ2n) is 6.48. The molecule has 0 saturated heterocycles. The van der Waals surface area contributed by atoms with Crippen LogP contribution in [0.1, 0.15) is 45.6 Å². The molecule has 1 fully saturated rings. The molecule has 0 bridgehead atoms. The summed E-state index contributed by atoms with van der Waals surface area (Å²) in [5.74, 6) is 1.19. The molecule has 106 valence electrons. The zero-order valence-electron chi connectivity index (χ0n) is 12.4. The van der Waals surface area contributed by atoms with E-state index in [9.17, 15) is 4.39 Å². The molecule has 1 nitrogen and oxygen atoms in total. The van der Waals surface area contributed by atoms with Crippen molar-refractivity contribution in [1.29, 1.82) is 0 Å². The van der Waals surface area contributed by atoms with Crippen LogP contribution in [-0.4, -0.2) is 13.1 Å². The lowest BCUT2D eigenvalue weighted by Crippen LogP contribution is -2.41. The Morgan fingerprint density at radius 3 is 2.53 bits per heavy atom. The summed E-state index contributed by atoms with van der Waals surface area (Å²) in [6.07, 6.45) is 3.77. The van der Waals surface area contributed by atoms with E-state index in [4.69, 9.17) is 0 Å². The average Bonchev–Trinajstić information content (AvgIpc) is 2.72. The van der Waals surface area contributed by atoms with Crippen LogP contribution in [-0.2, 0) is 5.41 Å². The maximum Gasteiger partial charge on any atom is 0.123 e. The molecule has 0 radical (unpaired) electrons. The fourth-order valence-electron chi connectivity index (χ4n) is 3.41. The molecule has 1 aliphatic carbocycles. The molecule has 1 aromatic rings. The molecule has 0 heterocycles. The Morgan fingerprint density at radius 2 is 2.00 bits per heavy atom. The van der Waals surface area contributed by atoms with Crippen LogP contribution in [0.3, 0.4) is 0 Å². The van der Waals surface area contributed by atoms with Gasteiger partial charge in [-0.15, -0.1) is 0 Å². The summed E-state index contributed by atoms with van der Waals surface area (Å²) >= 11 is 0. The van der Waals surface area contributed by atoms with Gasteiger partial charge in [0.15, 0.2) is 0 Å². The first-order valence-corrected chi connectivity index (χ1v) is 7.51. The lowest BCUT2D eigenvalue weighted by atomic mass is 9.73. The van der Waals surface area contributed by atoms with Crippen molar-refractivity contribution in [2.24, 2.45) is 11.8 Å². The predicted octanol–water partition coefficient (Wildman–Crippen LogP) is 4.13. The van der Waals surface area contributed by atoms with E-state index in [0.717, 1.165) is 13.1 Å². The van der Waals surface area contributed by atoms with Gasteiger partial charge in [-0.2, -0.15) is 0 Å². The number of benzene rings is 1. The van der Waals surface area contributed by atoms with Crippen LogP contribution in [0, 0.1) is 17.7 Å². The minimum Gasteiger partial charge on any atom is -0.316 e. The summed E-state index contributed by atoms with van der Waals surface area (Å²) in [7, 11) is 0. The lowest BCUT2D eigenvalue weighted by Gasteiger charge is -2.35. The summed E-state index contributed by atoms with van der Waals surface area (Å²) in [4.78, 5) is 0. The van der Waals surface area contributed by atoms with Gasteiger partial charge in [0.2, 0.25) is 0 Å². The predicted molar refractivity (Wildman–Crippen MR) is 78.8 cm³/mol. The number of hydrogen-bond acceptors (Lipinski definition) is 1. The van der Waals surface area contributed by atoms with E-state index in [1.165, 1.54) is 24.8 Å². The second-order valence-corrected chi connectivity index (χ2v) is 6.48. The van der Waals surface area contributed by atoms with Gasteiger partial charge in [-0.05, 0) is 48.9 Å². The normalized spacial score (nSPS) is 27.1. The van der Waals surface area contributed by atoms with E-state index in [-0.39, 0.29) is 11.2 Å². The molecule has 1 aliphatic rings. The smallest absolute Gasteiger partial charge is 0.123 e. The summed E-state index contributed by atoms with van der Waals surface area (Å²) in [6, 6.07) is 7.16. The molecule has 2 atom stereocenters. The van der Waals surface area contributed by atoms with Crippen LogP contribution in [0.5, 0.6) is 0 Å². The fourth-order valence-corrected chi connectivity index (χ4v) is 3.41. The first kappa shape index (κ1) is 14.5. The topological polar surface area (TPSA) is 12.0 Å². The number of halogens is 1. The highest BCUT2D eigenvalue weighted by atomic mass is 19.1. The third-order valence-corrected chi connectivity index (χ3v) is 4.62. The molecule has 1 N–H and O–H groups in total. The SMILES string of the molecule is CC(C)CNCC1(c2ccc(F)cc2)CCCC1C. The number of nitrogens with one attached hydrogen (secondary N) is 1. The largest absolute Gasteiger partial charge is 0.316 e. The highest BCUT2D eigenvalue weighted by Gasteiger charge is 2.41. The van der Waals surface area contributed by atoms with Crippen LogP contribution >= 0.6 is 0 Å². The van der Waals surface area contributed by atoms with Gasteiger partial charge in [-0.25, -0.2) is 4.39 Å². The van der Waals surface area contributed by atoms with Gasteiger partial charge >= 0.3 is 0 Å². The minimum absolute atomic E-state index is 0.139. The minimum atomic E-state index is -0.139. The summed E-state index contributed by atoms with van der Waals surface area (Å²) in [5, 5.41) is 3.62. The zero-order valence-corrected chi connectivity index (χ0v) is 12.4. The fraction of sp³-hybridized carbons (Fsp3) is 0.647. The van der Waals surface area contributed by atoms with Crippen molar-refractivity contribution < 1.29 is 4.39 Å². The molecule has 19 heavy (non-hydrogen) atoms. The monoisotopic (exact) mass is 263 g/mol. The third-order valence-electron chi connectivity index (χ3n) is 4.62. The van der Waals surface area contributed by atoms with Crippen molar-refractivity contribution in [3.63, 3.8) is 0 Å². The Labute approximate surface area is 116 Å². The van der Waals surface area contributed by atoms with Gasteiger partial charge < -0.3 is 5.32 Å². The van der Waals surface area contributed by atoms with Crippen molar-refractivity contribution in [3.8, 4) is 0 Å². The van der Waals surface area contributed by atoms with Gasteiger partial charge in [0, 0.05) is 12.0 Å². The van der Waals surface area contributed by atoms with Crippen molar-refractivity contribution in [2.75, 3.05) is 13.1 Å². The van der Waals surface area contributed by atoms with E-state index in [1.807, 2.05) is 12.1 Å². The van der Waals surface area contributed by atoms with E-state index >= 15 is 0 Å². The summed E-state index contributed by atoms with van der Waals surface area (Å²) in [6.45, 7) is 8.87. The highest BCUT2D eigenvalue weighted by Crippen LogP contribution is 2.45. The molecular weight excluding hydrogens is 237 g/mol. The molecule has 1 saturated carbocycles. The van der Waals surface area contributed by atoms with E-state index in [1.54, 1.807) is 12.1 Å². The van der Waals surface area contributed by atoms with E-state index in [0.29, 0.717) is 11.8 Å². The molecule has 2 rings (SSSR count). The second kappa shape index (κ2) is 6.04. The molecular formula is C17H26FN. The Bertz CT molecular complexity index is 398. The Balaban J connectivity index is 2.17. The van der Waals surface area contributed by atoms with E-state index in [2.05, 4.69) is 26.1 Å². The standard InChI is InChI=1S/C17H26FN/c1-13(2)11-19-12-17(10-4-5-14(17)3)15-6-8-16(18)9-7-15/h6-9,13-14,19H,4-5,10-12H2,1-3H3. The lowest BCUT2D eigenvalue weighted by molar-refractivity contribution is 0.311. The summed E-state index contributed by atoms with van der Waals surface area (Å²) < 4.78 is 13.1. The number of rotatable bonds is 5. The molecule has 0 aromatic heterocycles. The van der Waals surface area contributed by atoms with Crippen LogP contribution < -0.4 is 5.32 Å². The van der Waals surface area contributed by atoms with Gasteiger partial charge in [-0.3, -0.25) is 0 Å². The van der Waals surface area contributed by atoms with Crippen LogP contribution in [0.25, 0.3) is 0 Å². The molecule has 2 unspecified atom stereocenters. The molecule has 0 amide bonds. The Hall–Kier alpha value is -0.890. The van der Waals surface area contributed by atoms with Crippen molar-refractivity contribution in [3.05, 3.63) is 35.6 Å². The highest BCUT2D eigenvalue weighted by molar-refractivity contribution is 5.29. The maximum atomic E-state index is 13.1. The Kier molecular flexibility index (Phi) is 4.62. The van der Waals surface area contributed by atoms with Crippen molar-refractivity contribution in [2.45, 2.75) is 45.4 Å². The van der Waals surface area contributed by atoms with Gasteiger partial charge in [0.05, 0.1) is 0 Å². The first-order valence-electron chi connectivity index (χ1n) is 7.51.